The molecule has 0 saturated heterocycles. The second-order valence-corrected chi connectivity index (χ2v) is 17.3. The molecular weight excluding hydrogens is 683 g/mol. The van der Waals surface area contributed by atoms with E-state index in [1.807, 2.05) is 0 Å². The number of aryl methyl sites for hydroxylation is 6. The number of pyridine rings is 3. The molecule has 9 rings (SSSR count). The van der Waals surface area contributed by atoms with Crippen molar-refractivity contribution >= 4 is 27.8 Å². The molecule has 0 amide bonds. The standard InChI is InChI=1S/C52H55N3O/c1-11-36-26-48-49-37(16-19-41-42-20-21-45(53-52(42)56-51(41)49)50-38(29(2)3)13-12-14-39(50)30(4)5)17-22-46-44(25-35(10)54(48)28-34(36)9)43-23-31(6)15-18-40(43)47-24-32(7)33(8)27-55(46)47/h12-16,18-21,23-24,26-30,44,46H,10-11,17,22,25H2,1-9H3/q+2. The van der Waals surface area contributed by atoms with E-state index in [2.05, 4.69) is 157 Å². The Hall–Kier alpha value is -5.35. The maximum Gasteiger partial charge on any atom is 0.227 e. The van der Waals surface area contributed by atoms with Gasteiger partial charge in [0.25, 0.3) is 0 Å². The largest absolute Gasteiger partial charge is 0.437 e. The van der Waals surface area contributed by atoms with E-state index in [4.69, 9.17) is 16.0 Å². The number of benzene rings is 3. The van der Waals surface area contributed by atoms with Crippen molar-refractivity contribution in [2.24, 2.45) is 0 Å². The summed E-state index contributed by atoms with van der Waals surface area (Å²) in [5.41, 5.74) is 21.9. The third kappa shape index (κ3) is 5.75. The van der Waals surface area contributed by atoms with Crippen molar-refractivity contribution in [3.63, 3.8) is 0 Å². The minimum absolute atomic E-state index is 0.271. The predicted molar refractivity (Wildman–Crippen MR) is 231 cm³/mol. The average Bonchev–Trinajstić information content (AvgIpc) is 3.55. The van der Waals surface area contributed by atoms with Crippen molar-refractivity contribution in [3.8, 4) is 33.8 Å². The molecule has 0 fully saturated rings. The van der Waals surface area contributed by atoms with Gasteiger partial charge in [0, 0.05) is 58.0 Å². The molecule has 2 aliphatic rings. The van der Waals surface area contributed by atoms with Crippen LogP contribution in [0.25, 0.3) is 61.5 Å². The Bertz CT molecular complexity index is 2720. The van der Waals surface area contributed by atoms with Crippen LogP contribution in [0.3, 0.4) is 0 Å². The predicted octanol–water partition coefficient (Wildman–Crippen LogP) is 12.7. The van der Waals surface area contributed by atoms with Crippen molar-refractivity contribution < 1.29 is 13.6 Å². The quantitative estimate of drug-likeness (QED) is 0.169. The second kappa shape index (κ2) is 13.7. The first-order chi connectivity index (χ1) is 26.9. The van der Waals surface area contributed by atoms with E-state index >= 15 is 0 Å². The zero-order valence-electron chi connectivity index (χ0n) is 34.7. The summed E-state index contributed by atoms with van der Waals surface area (Å²) in [6, 6.07) is 28.0. The number of rotatable bonds is 4. The third-order valence-electron chi connectivity index (χ3n) is 13.1. The molecule has 0 bridgehead atoms. The highest BCUT2D eigenvalue weighted by molar-refractivity contribution is 6.09. The van der Waals surface area contributed by atoms with E-state index in [9.17, 15) is 0 Å². The zero-order chi connectivity index (χ0) is 39.2. The van der Waals surface area contributed by atoms with Gasteiger partial charge in [0.2, 0.25) is 17.1 Å². The molecule has 4 heteroatoms. The van der Waals surface area contributed by atoms with Crippen LogP contribution in [0.2, 0.25) is 0 Å². The fourth-order valence-corrected chi connectivity index (χ4v) is 9.90. The highest BCUT2D eigenvalue weighted by atomic mass is 16.3. The molecule has 0 aliphatic carbocycles. The van der Waals surface area contributed by atoms with Crippen molar-refractivity contribution in [1.29, 1.82) is 0 Å². The van der Waals surface area contributed by atoms with Gasteiger partial charge in [-0.1, -0.05) is 82.6 Å². The van der Waals surface area contributed by atoms with E-state index in [1.165, 1.54) is 72.5 Å². The van der Waals surface area contributed by atoms with Gasteiger partial charge >= 0.3 is 0 Å². The molecule has 2 atom stereocenters. The Labute approximate surface area is 332 Å². The average molecular weight is 738 g/mol. The molecule has 7 aromatic rings. The summed E-state index contributed by atoms with van der Waals surface area (Å²) in [6.45, 7) is 25.2. The van der Waals surface area contributed by atoms with Gasteiger partial charge in [-0.3, -0.25) is 0 Å². The van der Waals surface area contributed by atoms with Crippen LogP contribution in [0.4, 0.5) is 0 Å². The van der Waals surface area contributed by atoms with Gasteiger partial charge in [-0.25, -0.2) is 4.98 Å². The van der Waals surface area contributed by atoms with E-state index in [0.29, 0.717) is 17.5 Å². The highest BCUT2D eigenvalue weighted by Gasteiger charge is 2.43. The second-order valence-electron chi connectivity index (χ2n) is 17.3. The van der Waals surface area contributed by atoms with Gasteiger partial charge < -0.3 is 4.42 Å². The molecular formula is C52H55N3O+2. The van der Waals surface area contributed by atoms with Crippen LogP contribution in [-0.2, 0) is 12.8 Å². The molecule has 56 heavy (non-hydrogen) atoms. The van der Waals surface area contributed by atoms with E-state index in [-0.39, 0.29) is 12.0 Å². The molecule has 0 spiro atoms. The lowest BCUT2D eigenvalue weighted by atomic mass is 9.77. The Morgan fingerprint density at radius 2 is 1.54 bits per heavy atom. The fourth-order valence-electron chi connectivity index (χ4n) is 9.90. The van der Waals surface area contributed by atoms with Gasteiger partial charge in [-0.05, 0) is 111 Å². The summed E-state index contributed by atoms with van der Waals surface area (Å²) < 4.78 is 12.1. The Morgan fingerprint density at radius 3 is 2.27 bits per heavy atom. The molecule has 282 valence electrons. The number of hydrogen-bond acceptors (Lipinski definition) is 2. The monoisotopic (exact) mass is 737 g/mol. The maximum atomic E-state index is 7.07. The lowest BCUT2D eigenvalue weighted by Gasteiger charge is -2.32. The molecule has 6 heterocycles. The molecule has 0 radical (unpaired) electrons. The van der Waals surface area contributed by atoms with E-state index in [0.717, 1.165) is 59.1 Å². The maximum absolute atomic E-state index is 7.07. The van der Waals surface area contributed by atoms with Crippen LogP contribution in [0.5, 0.6) is 0 Å². The lowest BCUT2D eigenvalue weighted by Crippen LogP contribution is -2.49. The molecule has 2 aliphatic heterocycles. The van der Waals surface area contributed by atoms with Crippen LogP contribution >= 0.6 is 0 Å². The number of fused-ring (bicyclic) bond motifs is 13. The summed E-state index contributed by atoms with van der Waals surface area (Å²) >= 11 is 0. The first kappa shape index (κ1) is 36.3. The van der Waals surface area contributed by atoms with Crippen LogP contribution in [0.15, 0.2) is 96.2 Å². The van der Waals surface area contributed by atoms with Crippen molar-refractivity contribution in [1.82, 2.24) is 4.98 Å². The molecule has 4 nitrogen and oxygen atoms in total. The molecule has 0 saturated carbocycles. The van der Waals surface area contributed by atoms with Crippen LogP contribution < -0.4 is 9.13 Å². The van der Waals surface area contributed by atoms with Gasteiger partial charge in [0.15, 0.2) is 29.7 Å². The van der Waals surface area contributed by atoms with E-state index in [1.54, 1.807) is 0 Å². The molecule has 0 N–H and O–H groups in total. The molecule has 3 aromatic carbocycles. The minimum atomic E-state index is 0.271. The van der Waals surface area contributed by atoms with Crippen molar-refractivity contribution in [2.75, 3.05) is 0 Å². The van der Waals surface area contributed by atoms with Gasteiger partial charge in [-0.15, -0.1) is 0 Å². The van der Waals surface area contributed by atoms with E-state index < -0.39 is 0 Å². The lowest BCUT2D eigenvalue weighted by molar-refractivity contribution is -0.719. The number of furan rings is 1. The zero-order valence-corrected chi connectivity index (χ0v) is 34.7. The number of hydrogen-bond donors (Lipinski definition) is 0. The number of allylic oxidation sites excluding steroid dienone is 1. The normalized spacial score (nSPS) is 16.5. The Balaban J connectivity index is 1.28. The van der Waals surface area contributed by atoms with Gasteiger partial charge in [-0.2, -0.15) is 9.13 Å². The van der Waals surface area contributed by atoms with Crippen molar-refractivity contribution in [2.45, 2.75) is 112 Å². The van der Waals surface area contributed by atoms with Crippen LogP contribution in [0.1, 0.15) is 121 Å². The van der Waals surface area contributed by atoms with Gasteiger partial charge in [0.05, 0.1) is 17.2 Å². The highest BCUT2D eigenvalue weighted by Crippen LogP contribution is 2.47. The number of aromatic nitrogens is 3. The molecule has 2 unspecified atom stereocenters. The summed E-state index contributed by atoms with van der Waals surface area (Å²) in [7, 11) is 0. The summed E-state index contributed by atoms with van der Waals surface area (Å²) in [6.07, 6.45) is 8.48. The Kier molecular flexibility index (Phi) is 8.87. The minimum Gasteiger partial charge on any atom is -0.437 e. The summed E-state index contributed by atoms with van der Waals surface area (Å²) in [4.78, 5) is 5.34. The van der Waals surface area contributed by atoms with Gasteiger partial charge in [0.1, 0.15) is 0 Å². The summed E-state index contributed by atoms with van der Waals surface area (Å²) in [5, 5.41) is 2.16. The number of nitrogens with zero attached hydrogens (tertiary/aromatic N) is 3. The smallest absolute Gasteiger partial charge is 0.227 e. The van der Waals surface area contributed by atoms with Crippen LogP contribution in [-0.4, -0.2) is 4.98 Å². The first-order valence-electron chi connectivity index (χ1n) is 20.8. The van der Waals surface area contributed by atoms with Crippen molar-refractivity contribution in [3.05, 3.63) is 142 Å². The topological polar surface area (TPSA) is 33.8 Å². The fraction of sp³-hybridized carbons (Fsp3) is 0.327. The SMILES string of the molecule is C=C1CC2c3cc(C)ccc3-c3cc(C)c(C)c[n+]3C2CCc2ccc3c(oc4nc(-c5c(C(C)C)cccc5C(C)C)ccc43)c2-c2cc(CC)c(C)c[n+]21. The third-order valence-corrected chi connectivity index (χ3v) is 13.1. The molecule has 4 aromatic heterocycles. The Morgan fingerprint density at radius 1 is 0.786 bits per heavy atom. The summed E-state index contributed by atoms with van der Waals surface area (Å²) in [5.74, 6) is 1.04. The van der Waals surface area contributed by atoms with Crippen LogP contribution in [0, 0.1) is 27.7 Å². The first-order valence-corrected chi connectivity index (χ1v) is 20.8.